The first-order valence-corrected chi connectivity index (χ1v) is 12.2. The van der Waals surface area contributed by atoms with Crippen LogP contribution in [0.1, 0.15) is 29.6 Å². The Labute approximate surface area is 193 Å². The first kappa shape index (κ1) is 24.0. The number of aliphatic hydroxyl groups is 3. The lowest BCUT2D eigenvalue weighted by Crippen LogP contribution is -2.51. The molecule has 0 radical (unpaired) electrons. The van der Waals surface area contributed by atoms with Gasteiger partial charge in [-0.3, -0.25) is 4.79 Å². The van der Waals surface area contributed by atoms with Crippen molar-refractivity contribution in [3.05, 3.63) is 58.6 Å². The fraction of sp³-hybridized carbons (Fsp3) is 0.409. The van der Waals surface area contributed by atoms with E-state index in [-0.39, 0.29) is 40.4 Å². The summed E-state index contributed by atoms with van der Waals surface area (Å²) in [6.07, 6.45) is -0.804. The summed E-state index contributed by atoms with van der Waals surface area (Å²) in [7, 11) is -4.07. The molecule has 4 rings (SSSR count). The second kappa shape index (κ2) is 8.59. The number of anilines is 1. The third kappa shape index (κ3) is 4.15. The van der Waals surface area contributed by atoms with E-state index >= 15 is 0 Å². The molecule has 0 heterocycles. The zero-order valence-electron chi connectivity index (χ0n) is 17.2. The van der Waals surface area contributed by atoms with Crippen LogP contribution < -0.4 is 5.32 Å². The van der Waals surface area contributed by atoms with Crippen molar-refractivity contribution in [3.63, 3.8) is 0 Å². The number of rotatable bonds is 5. The van der Waals surface area contributed by atoms with Gasteiger partial charge in [-0.2, -0.15) is 0 Å². The minimum absolute atomic E-state index is 0.0145. The molecule has 2 aromatic rings. The lowest BCUT2D eigenvalue weighted by atomic mass is 9.74. The fourth-order valence-electron chi connectivity index (χ4n) is 4.97. The molecule has 1 unspecified atom stereocenters. The van der Waals surface area contributed by atoms with E-state index in [1.54, 1.807) is 0 Å². The maximum Gasteiger partial charge on any atom is 0.255 e. The highest BCUT2D eigenvalue weighted by molar-refractivity contribution is 7.92. The van der Waals surface area contributed by atoms with Crippen molar-refractivity contribution in [2.45, 2.75) is 41.1 Å². The number of hydrogen-bond donors (Lipinski definition) is 4. The average molecular weight is 502 g/mol. The number of halogens is 3. The van der Waals surface area contributed by atoms with E-state index in [2.05, 4.69) is 5.32 Å². The van der Waals surface area contributed by atoms with Crippen molar-refractivity contribution in [2.24, 2.45) is 11.8 Å². The van der Waals surface area contributed by atoms with Gasteiger partial charge in [0.15, 0.2) is 21.5 Å². The number of hydrogen-bond acceptors (Lipinski definition) is 6. The maximum atomic E-state index is 13.4. The Hall–Kier alpha value is -2.11. The Morgan fingerprint density at radius 3 is 2.48 bits per heavy atom. The summed E-state index contributed by atoms with van der Waals surface area (Å²) in [5.41, 5.74) is -1.62. The largest absolute Gasteiger partial charge is 0.393 e. The van der Waals surface area contributed by atoms with E-state index in [1.165, 1.54) is 12.1 Å². The van der Waals surface area contributed by atoms with Gasteiger partial charge in [-0.25, -0.2) is 17.2 Å². The molecule has 2 bridgehead atoms. The molecule has 0 spiro atoms. The molecule has 1 amide bonds. The van der Waals surface area contributed by atoms with Gasteiger partial charge in [-0.1, -0.05) is 11.6 Å². The maximum absolute atomic E-state index is 13.4. The summed E-state index contributed by atoms with van der Waals surface area (Å²) in [6.45, 7) is -0.577. The molecule has 0 saturated heterocycles. The normalized spacial score (nSPS) is 29.2. The number of aliphatic hydroxyl groups excluding tert-OH is 2. The zero-order chi connectivity index (χ0) is 24.1. The molecule has 0 aromatic heterocycles. The minimum atomic E-state index is -4.07. The van der Waals surface area contributed by atoms with Crippen LogP contribution in [0.4, 0.5) is 14.5 Å². The van der Waals surface area contributed by atoms with Crippen LogP contribution in [0.15, 0.2) is 41.3 Å². The van der Waals surface area contributed by atoms with E-state index in [0.717, 1.165) is 24.3 Å². The third-order valence-corrected chi connectivity index (χ3v) is 9.43. The highest BCUT2D eigenvalue weighted by Crippen LogP contribution is 2.52. The number of carbonyl (C=O) groups is 1. The number of sulfone groups is 1. The topological polar surface area (TPSA) is 124 Å². The number of fused-ring (bicyclic) bond motifs is 2. The van der Waals surface area contributed by atoms with Crippen molar-refractivity contribution in [1.82, 2.24) is 0 Å². The molecular formula is C22H22ClF2NO6S. The van der Waals surface area contributed by atoms with Crippen LogP contribution in [-0.2, 0) is 9.84 Å². The van der Waals surface area contributed by atoms with Gasteiger partial charge >= 0.3 is 0 Å². The van der Waals surface area contributed by atoms with Crippen LogP contribution in [0, 0.1) is 23.5 Å². The van der Waals surface area contributed by atoms with Gasteiger partial charge in [0.2, 0.25) is 0 Å². The van der Waals surface area contributed by atoms with E-state index in [4.69, 9.17) is 11.6 Å². The molecule has 2 fully saturated rings. The molecule has 33 heavy (non-hydrogen) atoms. The van der Waals surface area contributed by atoms with Crippen LogP contribution in [0.2, 0.25) is 5.02 Å². The van der Waals surface area contributed by atoms with E-state index in [9.17, 15) is 37.3 Å². The summed E-state index contributed by atoms with van der Waals surface area (Å²) in [5.74, 6) is -4.38. The van der Waals surface area contributed by atoms with Crippen LogP contribution in [0.25, 0.3) is 0 Å². The van der Waals surface area contributed by atoms with Gasteiger partial charge in [0.05, 0.1) is 33.5 Å². The highest BCUT2D eigenvalue weighted by Gasteiger charge is 2.59. The van der Waals surface area contributed by atoms with Crippen molar-refractivity contribution >= 4 is 33.0 Å². The van der Waals surface area contributed by atoms with Crippen molar-refractivity contribution < 1.29 is 37.3 Å². The second-order valence-corrected chi connectivity index (χ2v) is 11.2. The highest BCUT2D eigenvalue weighted by atomic mass is 35.5. The predicted octanol–water partition coefficient (Wildman–Crippen LogP) is 2.53. The predicted molar refractivity (Wildman–Crippen MR) is 116 cm³/mol. The molecule has 2 saturated carbocycles. The molecule has 2 aliphatic rings. The number of benzene rings is 2. The molecule has 5 atom stereocenters. The molecule has 7 nitrogen and oxygen atoms in total. The number of amides is 1. The monoisotopic (exact) mass is 501 g/mol. The van der Waals surface area contributed by atoms with Gasteiger partial charge in [0, 0.05) is 23.2 Å². The van der Waals surface area contributed by atoms with Gasteiger partial charge in [0.1, 0.15) is 0 Å². The van der Waals surface area contributed by atoms with Crippen molar-refractivity contribution in [3.8, 4) is 0 Å². The summed E-state index contributed by atoms with van der Waals surface area (Å²) in [5, 5.41) is 31.9. The summed E-state index contributed by atoms with van der Waals surface area (Å²) in [6, 6.07) is 6.47. The number of carbonyl (C=O) groups excluding carboxylic acids is 1. The van der Waals surface area contributed by atoms with Gasteiger partial charge < -0.3 is 20.6 Å². The van der Waals surface area contributed by atoms with Gasteiger partial charge in [0.25, 0.3) is 5.91 Å². The standard InChI is InChI=1S/C22H22ClF2NO6S/c23-16-3-1-11(21(29)26-13-2-4-17(24)18(25)8-13)5-20(16)33(31,32)14-6-12-7-19(28)15(9-14)22(12,30)10-27/h1-5,8,12,14-15,19,27-28,30H,6-7,9-10H2,(H,26,29)/t12?,14-,15-,19-,22-/m1/s1. The van der Waals surface area contributed by atoms with Gasteiger partial charge in [-0.05, 0) is 55.5 Å². The van der Waals surface area contributed by atoms with Crippen molar-refractivity contribution in [2.75, 3.05) is 11.9 Å². The quantitative estimate of drug-likeness (QED) is 0.499. The summed E-state index contributed by atoms with van der Waals surface area (Å²) >= 11 is 6.16. The summed E-state index contributed by atoms with van der Waals surface area (Å²) in [4.78, 5) is 12.3. The molecule has 4 N–H and O–H groups in total. The lowest BCUT2D eigenvalue weighted by Gasteiger charge is -2.41. The average Bonchev–Trinajstić information content (AvgIpc) is 2.89. The first-order chi connectivity index (χ1) is 15.5. The fourth-order valence-corrected chi connectivity index (χ4v) is 7.35. The van der Waals surface area contributed by atoms with E-state index < -0.39 is 62.8 Å². The van der Waals surface area contributed by atoms with Crippen molar-refractivity contribution in [1.29, 1.82) is 0 Å². The van der Waals surface area contributed by atoms with E-state index in [1.807, 2.05) is 0 Å². The third-order valence-electron chi connectivity index (χ3n) is 6.77. The Balaban J connectivity index is 1.61. The first-order valence-electron chi connectivity index (χ1n) is 10.3. The zero-order valence-corrected chi connectivity index (χ0v) is 18.8. The molecule has 2 aliphatic carbocycles. The van der Waals surface area contributed by atoms with Crippen LogP contribution in [0.5, 0.6) is 0 Å². The smallest absolute Gasteiger partial charge is 0.255 e. The Bertz CT molecular complexity index is 1210. The van der Waals surface area contributed by atoms with Crippen LogP contribution in [0.3, 0.4) is 0 Å². The van der Waals surface area contributed by atoms with Gasteiger partial charge in [-0.15, -0.1) is 0 Å². The molecular weight excluding hydrogens is 480 g/mol. The molecule has 178 valence electrons. The molecule has 2 aromatic carbocycles. The van der Waals surface area contributed by atoms with Crippen LogP contribution >= 0.6 is 11.6 Å². The summed E-state index contributed by atoms with van der Waals surface area (Å²) < 4.78 is 53.3. The second-order valence-electron chi connectivity index (χ2n) is 8.62. The molecule has 11 heteroatoms. The Kier molecular flexibility index (Phi) is 6.25. The van der Waals surface area contributed by atoms with Crippen LogP contribution in [-0.4, -0.2) is 53.2 Å². The van der Waals surface area contributed by atoms with E-state index in [0.29, 0.717) is 0 Å². The molecule has 0 aliphatic heterocycles. The lowest BCUT2D eigenvalue weighted by molar-refractivity contribution is -0.106. The minimum Gasteiger partial charge on any atom is -0.393 e. The Morgan fingerprint density at radius 2 is 1.85 bits per heavy atom. The Morgan fingerprint density at radius 1 is 1.12 bits per heavy atom. The SMILES string of the molecule is O=C(Nc1ccc(F)c(F)c1)c1ccc(Cl)c(S(=O)(=O)[C@@H]2CC3C[C@@H](O)[C@@H](C2)[C@@]3(O)CO)c1. The number of nitrogens with one attached hydrogen (secondary N) is 1.